The van der Waals surface area contributed by atoms with Crippen molar-refractivity contribution in [2.45, 2.75) is 130 Å². The third-order valence-corrected chi connectivity index (χ3v) is 12.2. The Labute approximate surface area is 478 Å². The van der Waals surface area contributed by atoms with Crippen LogP contribution in [0.4, 0.5) is 5.88 Å². The molecule has 0 atom stereocenters. The van der Waals surface area contributed by atoms with Crippen LogP contribution >= 0.6 is 47.8 Å². The van der Waals surface area contributed by atoms with E-state index in [4.69, 9.17) is 58.3 Å². The Kier molecular flexibility index (Phi) is 30.3. The van der Waals surface area contributed by atoms with Gasteiger partial charge in [-0.2, -0.15) is 5.26 Å². The molecule has 0 bridgehead atoms. The SMILES string of the molecule is CC.CC.CC.CC.CC.CC.CS(=O)(=O)c1cc2ccoc2o1.Cc1cc2c(C)c(Br)oc2o1.Cc1coc2oc(Br)c(C)c12.Cc1oc2oc(Br)cc2c1C.N#Cc1cc2ccoc2o1.O=[N+]([O-])c1cc2ccoc2o1. The summed E-state index contributed by atoms with van der Waals surface area (Å²) in [6, 6.07) is 15.2. The lowest BCUT2D eigenvalue weighted by atomic mass is 10.2. The molecular weight excluding hydrogens is 1230 g/mol. The van der Waals surface area contributed by atoms with Crippen molar-refractivity contribution in [3.63, 3.8) is 0 Å². The van der Waals surface area contributed by atoms with Gasteiger partial charge in [0, 0.05) is 41.1 Å². The van der Waals surface area contributed by atoms with Gasteiger partial charge in [0.05, 0.1) is 63.4 Å². The number of nitrogens with zero attached hydrogens (tertiary/aromatic N) is 2. The molecule has 12 rings (SSSR count). The van der Waals surface area contributed by atoms with Crippen molar-refractivity contribution in [2.24, 2.45) is 0 Å². The molecule has 0 unspecified atom stereocenters. The predicted molar refractivity (Wildman–Crippen MR) is 315 cm³/mol. The average molecular weight is 1300 g/mol. The minimum absolute atomic E-state index is 0.0585. The smallest absolute Gasteiger partial charge is 0.433 e. The van der Waals surface area contributed by atoms with Gasteiger partial charge in [0.15, 0.2) is 14.0 Å². The normalized spacial score (nSPS) is 9.86. The van der Waals surface area contributed by atoms with Crippen LogP contribution < -0.4 is 0 Å². The number of rotatable bonds is 2. The molecule has 12 heterocycles. The minimum atomic E-state index is -3.26. The number of hydrogen-bond donors (Lipinski definition) is 0. The highest BCUT2D eigenvalue weighted by Gasteiger charge is 2.17. The van der Waals surface area contributed by atoms with Crippen molar-refractivity contribution in [1.82, 2.24) is 0 Å². The van der Waals surface area contributed by atoms with Crippen LogP contribution in [0.3, 0.4) is 0 Å². The third kappa shape index (κ3) is 18.4. The van der Waals surface area contributed by atoms with Crippen LogP contribution in [0.1, 0.15) is 123 Å². The fourth-order valence-electron chi connectivity index (χ4n) is 5.97. The number of hydrogen-bond acceptors (Lipinski definition) is 17. The lowest BCUT2D eigenvalue weighted by molar-refractivity contribution is -0.401. The second kappa shape index (κ2) is 34.2. The van der Waals surface area contributed by atoms with Gasteiger partial charge in [-0.25, -0.2) is 8.42 Å². The Morgan fingerprint density at radius 3 is 1.46 bits per heavy atom. The van der Waals surface area contributed by atoms with Gasteiger partial charge in [0.1, 0.15) is 22.5 Å². The summed E-state index contributed by atoms with van der Waals surface area (Å²) in [5, 5.41) is 23.7. The van der Waals surface area contributed by atoms with Crippen molar-refractivity contribution >= 4 is 131 Å². The first-order chi connectivity index (χ1) is 37.3. The van der Waals surface area contributed by atoms with Gasteiger partial charge in [0.2, 0.25) is 20.7 Å². The molecule has 78 heavy (non-hydrogen) atoms. The molecule has 0 saturated heterocycles. The summed E-state index contributed by atoms with van der Waals surface area (Å²) < 4.78 is 84.7. The number of nitro groups is 1. The summed E-state index contributed by atoms with van der Waals surface area (Å²) in [6.07, 6.45) is 7.17. The zero-order chi connectivity index (χ0) is 59.6. The Morgan fingerprint density at radius 1 is 0.526 bits per heavy atom. The van der Waals surface area contributed by atoms with Gasteiger partial charge in [-0.1, -0.05) is 83.1 Å². The highest BCUT2D eigenvalue weighted by atomic mass is 79.9. The number of fused-ring (bicyclic) bond motifs is 6. The van der Waals surface area contributed by atoms with Crippen molar-refractivity contribution in [3.8, 4) is 6.07 Å². The molecule has 426 valence electrons. The van der Waals surface area contributed by atoms with Gasteiger partial charge in [-0.05, 0) is 119 Å². The number of halogens is 3. The van der Waals surface area contributed by atoms with Gasteiger partial charge >= 0.3 is 11.7 Å². The highest BCUT2D eigenvalue weighted by molar-refractivity contribution is 9.11. The van der Waals surface area contributed by atoms with E-state index in [1.165, 1.54) is 30.9 Å². The van der Waals surface area contributed by atoms with Gasteiger partial charge in [0.25, 0.3) is 28.9 Å². The van der Waals surface area contributed by atoms with Crippen LogP contribution in [0.15, 0.2) is 146 Å². The van der Waals surface area contributed by atoms with E-state index in [9.17, 15) is 18.5 Å². The fourth-order valence-corrected chi connectivity index (χ4v) is 7.62. The van der Waals surface area contributed by atoms with E-state index >= 15 is 0 Å². The predicted octanol–water partition coefficient (Wildman–Crippen LogP) is 21.6. The Bertz CT molecular complexity index is 3600. The van der Waals surface area contributed by atoms with E-state index in [2.05, 4.69) is 47.8 Å². The van der Waals surface area contributed by atoms with E-state index in [1.807, 2.05) is 143 Å². The highest BCUT2D eigenvalue weighted by Crippen LogP contribution is 2.34. The molecular formula is C56H69Br3N2O16S. The Morgan fingerprint density at radius 2 is 1.00 bits per heavy atom. The Hall–Kier alpha value is -6.80. The zero-order valence-electron chi connectivity index (χ0n) is 47.4. The summed E-state index contributed by atoms with van der Waals surface area (Å²) in [5.74, 6) is 4.46. The standard InChI is InChI=1S/3C8H7BrO2.C7H3NO2.C7H6O4S.C6H3NO4.6C2H6/c1-4-5(2)10-8-6(4)3-7(9)11-8;1-4-3-10-8-6(4)5(2)7(9)11-8;1-4-3-6-5(2)7(9)11-8(6)10-4;8-4-6-3-5-1-2-9-7(5)10-6;1-12(8,9)6-4-5-2-3-10-7(5)11-6;8-7(9)5-3-4-1-2-10-6(4)11-5;6*1-2/h3*3H,1-2H3;1-3H;2-4H,1H3;1-3H;6*1-2H3. The molecule has 18 nitrogen and oxygen atoms in total. The molecule has 0 aliphatic rings. The second-order valence-corrected chi connectivity index (χ2v) is 18.2. The van der Waals surface area contributed by atoms with Crippen molar-refractivity contribution in [3.05, 3.63) is 137 Å². The molecule has 0 radical (unpaired) electrons. The molecule has 22 heteroatoms. The topological polar surface area (TPSA) is 259 Å². The summed E-state index contributed by atoms with van der Waals surface area (Å²) in [7, 11) is -3.26. The van der Waals surface area contributed by atoms with E-state index in [-0.39, 0.29) is 28.3 Å². The van der Waals surface area contributed by atoms with Gasteiger partial charge in [-0.3, -0.25) is 10.1 Å². The first kappa shape index (κ1) is 69.2. The van der Waals surface area contributed by atoms with Crippen molar-refractivity contribution in [2.75, 3.05) is 6.26 Å². The molecule has 12 aromatic heterocycles. The van der Waals surface area contributed by atoms with Gasteiger partial charge < -0.3 is 53.0 Å². The third-order valence-electron chi connectivity index (χ3n) is 9.40. The lowest BCUT2D eigenvalue weighted by Gasteiger charge is -1.86. The summed E-state index contributed by atoms with van der Waals surface area (Å²) >= 11 is 9.82. The quantitative estimate of drug-likeness (QED) is 0.115. The largest absolute Gasteiger partial charge is 0.436 e. The van der Waals surface area contributed by atoms with Crippen LogP contribution in [0.5, 0.6) is 0 Å². The number of nitriles is 1. The van der Waals surface area contributed by atoms with Gasteiger partial charge in [-0.15, -0.1) is 0 Å². The summed E-state index contributed by atoms with van der Waals surface area (Å²) in [4.78, 5) is 9.54. The second-order valence-electron chi connectivity index (χ2n) is 14.1. The first-order valence-electron chi connectivity index (χ1n) is 24.9. The van der Waals surface area contributed by atoms with Crippen LogP contribution in [0.25, 0.3) is 67.0 Å². The first-order valence-corrected chi connectivity index (χ1v) is 29.2. The summed E-state index contributed by atoms with van der Waals surface area (Å²) in [5.41, 5.74) is 4.46. The van der Waals surface area contributed by atoms with Crippen LogP contribution in [0.2, 0.25) is 0 Å². The maximum Gasteiger partial charge on any atom is 0.436 e. The fraction of sp³-hybridized carbons (Fsp3) is 0.339. The molecule has 0 fully saturated rings. The molecule has 0 spiro atoms. The molecule has 0 aliphatic carbocycles. The van der Waals surface area contributed by atoms with Crippen molar-refractivity contribution in [1.29, 1.82) is 5.26 Å². The zero-order valence-corrected chi connectivity index (χ0v) is 53.0. The number of sulfone groups is 1. The maximum atomic E-state index is 11.0. The molecule has 12 aromatic rings. The number of aryl methyl sites for hydroxylation is 6. The van der Waals surface area contributed by atoms with Crippen LogP contribution in [-0.4, -0.2) is 19.6 Å². The summed E-state index contributed by atoms with van der Waals surface area (Å²) in [6.45, 7) is 35.8. The molecule has 0 amide bonds. The van der Waals surface area contributed by atoms with Crippen LogP contribution in [-0.2, 0) is 9.84 Å². The Balaban J connectivity index is 0.000000450. The molecule has 0 aromatic carbocycles. The molecule has 0 saturated carbocycles. The van der Waals surface area contributed by atoms with E-state index in [0.29, 0.717) is 38.6 Å². The number of furan rings is 12. The van der Waals surface area contributed by atoms with E-state index in [0.717, 1.165) is 70.9 Å². The monoisotopic (exact) mass is 1290 g/mol. The molecule has 0 N–H and O–H groups in total. The van der Waals surface area contributed by atoms with Crippen LogP contribution in [0, 0.1) is 63.0 Å². The van der Waals surface area contributed by atoms with Crippen molar-refractivity contribution < 1.29 is 66.3 Å². The molecule has 0 aliphatic heterocycles. The minimum Gasteiger partial charge on any atom is -0.433 e. The average Bonchev–Trinajstić information content (AvgIpc) is 4.27. The van der Waals surface area contributed by atoms with E-state index in [1.54, 1.807) is 30.5 Å². The van der Waals surface area contributed by atoms with E-state index < -0.39 is 14.8 Å². The maximum absolute atomic E-state index is 11.0. The lowest BCUT2D eigenvalue weighted by Crippen LogP contribution is -1.93.